The van der Waals surface area contributed by atoms with Gasteiger partial charge in [0, 0.05) is 25.1 Å². The van der Waals surface area contributed by atoms with Gasteiger partial charge in [0.2, 0.25) is 10.0 Å². The Kier molecular flexibility index (Phi) is 6.44. The van der Waals surface area contributed by atoms with E-state index in [1.807, 2.05) is 0 Å². The second-order valence-electron chi connectivity index (χ2n) is 4.26. The van der Waals surface area contributed by atoms with E-state index in [1.165, 1.54) is 33.5 Å². The lowest BCUT2D eigenvalue weighted by molar-refractivity contribution is -0.137. The molecule has 0 spiro atoms. The Bertz CT molecular complexity index is 602. The highest BCUT2D eigenvalue weighted by atomic mass is 32.2. The van der Waals surface area contributed by atoms with E-state index in [0.717, 1.165) is 0 Å². The lowest BCUT2D eigenvalue weighted by Crippen LogP contribution is -2.26. The number of aliphatic carboxylic acids is 1. The van der Waals surface area contributed by atoms with Crippen molar-refractivity contribution in [3.63, 3.8) is 0 Å². The molecule has 0 aliphatic heterocycles. The quantitative estimate of drug-likeness (QED) is 0.645. The molecule has 124 valence electrons. The van der Waals surface area contributed by atoms with E-state index in [4.69, 9.17) is 19.3 Å². The van der Waals surface area contributed by atoms with Crippen LogP contribution in [0, 0.1) is 0 Å². The average Bonchev–Trinajstić information content (AvgIpc) is 2.49. The average molecular weight is 333 g/mol. The van der Waals surface area contributed by atoms with Crippen LogP contribution in [-0.4, -0.2) is 47.4 Å². The predicted molar refractivity (Wildman–Crippen MR) is 78.2 cm³/mol. The highest BCUT2D eigenvalue weighted by molar-refractivity contribution is 7.89. The zero-order valence-corrected chi connectivity index (χ0v) is 13.4. The Hall–Kier alpha value is -2.00. The third kappa shape index (κ3) is 4.50. The first-order valence-electron chi connectivity index (χ1n) is 6.37. The Labute approximate surface area is 129 Å². The monoisotopic (exact) mass is 333 g/mol. The van der Waals surface area contributed by atoms with Crippen molar-refractivity contribution in [2.75, 3.05) is 27.9 Å². The van der Waals surface area contributed by atoms with Crippen LogP contribution in [0.3, 0.4) is 0 Å². The van der Waals surface area contributed by atoms with Gasteiger partial charge >= 0.3 is 5.97 Å². The van der Waals surface area contributed by atoms with E-state index < -0.39 is 16.0 Å². The molecule has 0 radical (unpaired) electrons. The topological polar surface area (TPSA) is 111 Å². The molecular weight excluding hydrogens is 314 g/mol. The lowest BCUT2D eigenvalue weighted by atomic mass is 10.3. The van der Waals surface area contributed by atoms with Crippen LogP contribution in [0.2, 0.25) is 0 Å². The zero-order chi connectivity index (χ0) is 16.8. The summed E-state index contributed by atoms with van der Waals surface area (Å²) in [4.78, 5) is 10.3. The molecule has 0 bridgehead atoms. The minimum atomic E-state index is -3.92. The summed E-state index contributed by atoms with van der Waals surface area (Å²) >= 11 is 0. The van der Waals surface area contributed by atoms with Crippen molar-refractivity contribution < 1.29 is 32.5 Å². The number of nitrogens with one attached hydrogen (secondary N) is 1. The number of sulfonamides is 1. The van der Waals surface area contributed by atoms with Crippen molar-refractivity contribution in [1.29, 1.82) is 0 Å². The van der Waals surface area contributed by atoms with Gasteiger partial charge in [-0.2, -0.15) is 0 Å². The van der Waals surface area contributed by atoms with Gasteiger partial charge in [0.25, 0.3) is 0 Å². The first-order valence-corrected chi connectivity index (χ1v) is 7.85. The molecular formula is C13H19NO7S. The summed E-state index contributed by atoms with van der Waals surface area (Å²) in [6.07, 6.45) is 0.0503. The molecule has 9 heteroatoms. The number of carboxylic acids is 1. The standard InChI is InChI=1S/C13H19NO7S/c1-19-9-7-10(20-2)13(11(8-9)21-3)22(17,18)14-6-4-5-12(15)16/h7-8,14H,4-6H2,1-3H3,(H,15,16). The molecule has 0 aliphatic rings. The number of ether oxygens (including phenoxy) is 3. The molecule has 1 aromatic carbocycles. The molecule has 0 saturated heterocycles. The summed E-state index contributed by atoms with van der Waals surface area (Å²) in [5, 5.41) is 8.55. The molecule has 0 aromatic heterocycles. The summed E-state index contributed by atoms with van der Waals surface area (Å²) < 4.78 is 42.3. The third-order valence-corrected chi connectivity index (χ3v) is 4.32. The molecule has 0 unspecified atom stereocenters. The Morgan fingerprint density at radius 1 is 1.14 bits per heavy atom. The van der Waals surface area contributed by atoms with Gasteiger partial charge in [-0.05, 0) is 6.42 Å². The van der Waals surface area contributed by atoms with Crippen LogP contribution in [0.25, 0.3) is 0 Å². The molecule has 1 rings (SSSR count). The molecule has 2 N–H and O–H groups in total. The van der Waals surface area contributed by atoms with Gasteiger partial charge in [0.1, 0.15) is 17.2 Å². The van der Waals surface area contributed by atoms with E-state index in [9.17, 15) is 13.2 Å². The number of carbonyl (C=O) groups is 1. The fraction of sp³-hybridized carbons (Fsp3) is 0.462. The number of carboxylic acid groups (broad SMARTS) is 1. The Morgan fingerprint density at radius 2 is 1.68 bits per heavy atom. The highest BCUT2D eigenvalue weighted by Crippen LogP contribution is 2.37. The molecule has 0 aliphatic carbocycles. The number of methoxy groups -OCH3 is 3. The van der Waals surface area contributed by atoms with Crippen LogP contribution in [0.1, 0.15) is 12.8 Å². The zero-order valence-electron chi connectivity index (χ0n) is 12.6. The lowest BCUT2D eigenvalue weighted by Gasteiger charge is -2.15. The largest absolute Gasteiger partial charge is 0.496 e. The van der Waals surface area contributed by atoms with E-state index in [0.29, 0.717) is 5.75 Å². The van der Waals surface area contributed by atoms with Crippen LogP contribution >= 0.6 is 0 Å². The Balaban J connectivity index is 3.09. The van der Waals surface area contributed by atoms with Crippen LogP contribution in [0.4, 0.5) is 0 Å². The summed E-state index contributed by atoms with van der Waals surface area (Å²) in [6, 6.07) is 2.85. The molecule has 0 fully saturated rings. The van der Waals surface area contributed by atoms with Crippen LogP contribution < -0.4 is 18.9 Å². The van der Waals surface area contributed by atoms with Gasteiger partial charge in [0.05, 0.1) is 21.3 Å². The van der Waals surface area contributed by atoms with Gasteiger partial charge in [0.15, 0.2) is 4.90 Å². The van der Waals surface area contributed by atoms with Crippen LogP contribution in [0.5, 0.6) is 17.2 Å². The van der Waals surface area contributed by atoms with Crippen LogP contribution in [-0.2, 0) is 14.8 Å². The van der Waals surface area contributed by atoms with E-state index >= 15 is 0 Å². The summed E-state index contributed by atoms with van der Waals surface area (Å²) in [7, 11) is 0.182. The van der Waals surface area contributed by atoms with E-state index in [2.05, 4.69) is 4.72 Å². The molecule has 22 heavy (non-hydrogen) atoms. The SMILES string of the molecule is COc1cc(OC)c(S(=O)(=O)NCCCC(=O)O)c(OC)c1. The van der Waals surface area contributed by atoms with Gasteiger partial charge in [-0.25, -0.2) is 13.1 Å². The minimum Gasteiger partial charge on any atom is -0.496 e. The normalized spacial score (nSPS) is 11.0. The van der Waals surface area contributed by atoms with Gasteiger partial charge in [-0.1, -0.05) is 0 Å². The Morgan fingerprint density at radius 3 is 2.09 bits per heavy atom. The molecule has 0 heterocycles. The first kappa shape index (κ1) is 18.1. The number of hydrogen-bond acceptors (Lipinski definition) is 6. The van der Waals surface area contributed by atoms with Crippen molar-refractivity contribution in [2.45, 2.75) is 17.7 Å². The van der Waals surface area contributed by atoms with Crippen LogP contribution in [0.15, 0.2) is 17.0 Å². The first-order chi connectivity index (χ1) is 10.4. The maximum Gasteiger partial charge on any atom is 0.303 e. The number of benzene rings is 1. The molecule has 0 atom stereocenters. The fourth-order valence-corrected chi connectivity index (χ4v) is 3.13. The number of rotatable bonds is 9. The maximum atomic E-state index is 12.4. The van der Waals surface area contributed by atoms with Crippen molar-refractivity contribution >= 4 is 16.0 Å². The summed E-state index contributed by atoms with van der Waals surface area (Å²) in [5.41, 5.74) is 0. The second-order valence-corrected chi connectivity index (χ2v) is 5.96. The molecule has 8 nitrogen and oxygen atoms in total. The molecule has 1 aromatic rings. The van der Waals surface area contributed by atoms with Gasteiger partial charge in [-0.15, -0.1) is 0 Å². The smallest absolute Gasteiger partial charge is 0.303 e. The maximum absolute atomic E-state index is 12.4. The van der Waals surface area contributed by atoms with Gasteiger partial charge < -0.3 is 19.3 Å². The van der Waals surface area contributed by atoms with Crippen molar-refractivity contribution in [3.8, 4) is 17.2 Å². The van der Waals surface area contributed by atoms with Crippen molar-refractivity contribution in [1.82, 2.24) is 4.72 Å². The van der Waals surface area contributed by atoms with E-state index in [-0.39, 0.29) is 35.8 Å². The van der Waals surface area contributed by atoms with Crippen molar-refractivity contribution in [3.05, 3.63) is 12.1 Å². The number of hydrogen-bond donors (Lipinski definition) is 2. The van der Waals surface area contributed by atoms with E-state index in [1.54, 1.807) is 0 Å². The second kappa shape index (κ2) is 7.85. The van der Waals surface area contributed by atoms with Crippen molar-refractivity contribution in [2.24, 2.45) is 0 Å². The molecule has 0 saturated carbocycles. The van der Waals surface area contributed by atoms with Gasteiger partial charge in [-0.3, -0.25) is 4.79 Å². The summed E-state index contributed by atoms with van der Waals surface area (Å²) in [5.74, 6) is -0.457. The minimum absolute atomic E-state index is 0.00697. The third-order valence-electron chi connectivity index (χ3n) is 2.80. The molecule has 0 amide bonds. The highest BCUT2D eigenvalue weighted by Gasteiger charge is 2.25. The fourth-order valence-electron chi connectivity index (χ4n) is 1.76. The summed E-state index contributed by atoms with van der Waals surface area (Å²) in [6.45, 7) is -0.00697. The predicted octanol–water partition coefficient (Wildman–Crippen LogP) is 0.855.